The Morgan fingerprint density at radius 1 is 1.18 bits per heavy atom. The third-order valence-corrected chi connectivity index (χ3v) is 4.91. The number of hydrogen-bond donors (Lipinski definition) is 2. The lowest BCUT2D eigenvalue weighted by Crippen LogP contribution is -2.31. The van der Waals surface area contributed by atoms with Crippen molar-refractivity contribution in [2.24, 2.45) is 0 Å². The van der Waals surface area contributed by atoms with Gasteiger partial charge in [0.05, 0.1) is 26.7 Å². The zero-order valence-electron chi connectivity index (χ0n) is 16.0. The van der Waals surface area contributed by atoms with Crippen LogP contribution < -0.4 is 14.8 Å². The van der Waals surface area contributed by atoms with Crippen LogP contribution in [0, 0.1) is 0 Å². The van der Waals surface area contributed by atoms with Gasteiger partial charge in [0.25, 0.3) is 5.91 Å². The summed E-state index contributed by atoms with van der Waals surface area (Å²) in [4.78, 5) is 24.2. The molecule has 150 valence electrons. The second-order valence-electron chi connectivity index (χ2n) is 6.73. The van der Waals surface area contributed by atoms with E-state index in [1.54, 1.807) is 18.2 Å². The average molecular weight is 388 g/mol. The molecule has 0 saturated heterocycles. The highest BCUT2D eigenvalue weighted by molar-refractivity contribution is 5.94. The first-order valence-electron chi connectivity index (χ1n) is 9.25. The first-order valence-corrected chi connectivity index (χ1v) is 9.25. The van der Waals surface area contributed by atoms with E-state index in [9.17, 15) is 14.7 Å². The SMILES string of the molecule is COc1ccc(C(CC(=O)O)NC(=O)c2noc3c2CCCCC3)cc1OC. The topological polar surface area (TPSA) is 111 Å². The van der Waals surface area contributed by atoms with Crippen molar-refractivity contribution in [3.63, 3.8) is 0 Å². The van der Waals surface area contributed by atoms with Gasteiger partial charge in [0, 0.05) is 12.0 Å². The number of ether oxygens (including phenoxy) is 2. The molecule has 0 bridgehead atoms. The van der Waals surface area contributed by atoms with Gasteiger partial charge >= 0.3 is 5.97 Å². The Morgan fingerprint density at radius 2 is 1.93 bits per heavy atom. The summed E-state index contributed by atoms with van der Waals surface area (Å²) in [6.45, 7) is 0. The van der Waals surface area contributed by atoms with E-state index >= 15 is 0 Å². The van der Waals surface area contributed by atoms with E-state index in [1.165, 1.54) is 14.2 Å². The van der Waals surface area contributed by atoms with Crippen molar-refractivity contribution < 1.29 is 28.7 Å². The lowest BCUT2D eigenvalue weighted by Gasteiger charge is -2.19. The standard InChI is InChI=1S/C20H24N2O6/c1-26-16-9-8-12(10-17(16)27-2)14(11-18(23)24)21-20(25)19-13-6-4-3-5-7-15(13)28-22-19/h8-10,14H,3-7,11H2,1-2H3,(H,21,25)(H,23,24). The predicted octanol–water partition coefficient (Wildman–Crippen LogP) is 2.91. The summed E-state index contributed by atoms with van der Waals surface area (Å²) in [7, 11) is 3.02. The highest BCUT2D eigenvalue weighted by Gasteiger charge is 2.26. The van der Waals surface area contributed by atoms with E-state index in [0.717, 1.165) is 43.4 Å². The van der Waals surface area contributed by atoms with Gasteiger partial charge in [0.15, 0.2) is 17.2 Å². The molecule has 1 aliphatic carbocycles. The van der Waals surface area contributed by atoms with Gasteiger partial charge in [0.2, 0.25) is 0 Å². The summed E-state index contributed by atoms with van der Waals surface area (Å²) in [5.41, 5.74) is 1.67. The molecule has 1 amide bonds. The second-order valence-corrected chi connectivity index (χ2v) is 6.73. The number of amides is 1. The molecule has 1 aromatic heterocycles. The van der Waals surface area contributed by atoms with E-state index in [4.69, 9.17) is 14.0 Å². The molecule has 1 aromatic carbocycles. The predicted molar refractivity (Wildman–Crippen MR) is 99.8 cm³/mol. The number of hydrogen-bond acceptors (Lipinski definition) is 6. The number of carbonyl (C=O) groups excluding carboxylic acids is 1. The van der Waals surface area contributed by atoms with Crippen molar-refractivity contribution >= 4 is 11.9 Å². The first kappa shape index (κ1) is 19.7. The largest absolute Gasteiger partial charge is 0.493 e. The Balaban J connectivity index is 1.86. The molecule has 0 aliphatic heterocycles. The van der Waals surface area contributed by atoms with Gasteiger partial charge in [-0.25, -0.2) is 0 Å². The maximum atomic E-state index is 12.9. The maximum absolute atomic E-state index is 12.9. The molecule has 0 radical (unpaired) electrons. The van der Waals surface area contributed by atoms with Crippen LogP contribution in [0.4, 0.5) is 0 Å². The number of fused-ring (bicyclic) bond motifs is 1. The zero-order valence-corrected chi connectivity index (χ0v) is 16.0. The number of carboxylic acid groups (broad SMARTS) is 1. The summed E-state index contributed by atoms with van der Waals surface area (Å²) in [6, 6.07) is 4.30. The van der Waals surface area contributed by atoms with Gasteiger partial charge in [-0.05, 0) is 37.0 Å². The minimum absolute atomic E-state index is 0.243. The number of benzene rings is 1. The summed E-state index contributed by atoms with van der Waals surface area (Å²) < 4.78 is 15.9. The molecular weight excluding hydrogens is 364 g/mol. The fourth-order valence-corrected chi connectivity index (χ4v) is 3.46. The number of methoxy groups -OCH3 is 2. The zero-order chi connectivity index (χ0) is 20.1. The Kier molecular flexibility index (Phi) is 6.18. The Morgan fingerprint density at radius 3 is 2.64 bits per heavy atom. The second kappa shape index (κ2) is 8.77. The summed E-state index contributed by atoms with van der Waals surface area (Å²) >= 11 is 0. The molecular formula is C20H24N2O6. The molecule has 0 spiro atoms. The quantitative estimate of drug-likeness (QED) is 0.702. The molecule has 1 aliphatic rings. The number of carboxylic acids is 1. The van der Waals surface area contributed by atoms with Crippen LogP contribution in [0.5, 0.6) is 11.5 Å². The van der Waals surface area contributed by atoms with Crippen molar-refractivity contribution in [3.05, 3.63) is 40.8 Å². The van der Waals surface area contributed by atoms with Crippen LogP contribution in [-0.4, -0.2) is 36.4 Å². The fourth-order valence-electron chi connectivity index (χ4n) is 3.46. The average Bonchev–Trinajstić information content (AvgIpc) is 2.95. The number of nitrogens with zero attached hydrogens (tertiary/aromatic N) is 1. The Labute approximate surface area is 162 Å². The van der Waals surface area contributed by atoms with Crippen LogP contribution in [0.1, 0.15) is 59.1 Å². The van der Waals surface area contributed by atoms with Crippen molar-refractivity contribution in [3.8, 4) is 11.5 Å². The molecule has 28 heavy (non-hydrogen) atoms. The molecule has 3 rings (SSSR count). The van der Waals surface area contributed by atoms with Gasteiger partial charge in [0.1, 0.15) is 5.76 Å². The van der Waals surface area contributed by atoms with E-state index in [2.05, 4.69) is 10.5 Å². The molecule has 1 unspecified atom stereocenters. The van der Waals surface area contributed by atoms with Gasteiger partial charge in [-0.1, -0.05) is 17.6 Å². The molecule has 1 atom stereocenters. The number of aliphatic carboxylic acids is 1. The third-order valence-electron chi connectivity index (χ3n) is 4.91. The van der Waals surface area contributed by atoms with Crippen LogP contribution in [0.25, 0.3) is 0 Å². The Hall–Kier alpha value is -3.03. The van der Waals surface area contributed by atoms with Crippen molar-refractivity contribution in [2.75, 3.05) is 14.2 Å². The monoisotopic (exact) mass is 388 g/mol. The van der Waals surface area contributed by atoms with Crippen molar-refractivity contribution in [1.29, 1.82) is 0 Å². The lowest BCUT2D eigenvalue weighted by atomic mass is 10.0. The van der Waals surface area contributed by atoms with Crippen molar-refractivity contribution in [2.45, 2.75) is 44.6 Å². The van der Waals surface area contributed by atoms with Crippen LogP contribution in [0.15, 0.2) is 22.7 Å². The van der Waals surface area contributed by atoms with E-state index in [0.29, 0.717) is 17.1 Å². The van der Waals surface area contributed by atoms with Gasteiger partial charge in [-0.15, -0.1) is 0 Å². The fraction of sp³-hybridized carbons (Fsp3) is 0.450. The van der Waals surface area contributed by atoms with Gasteiger partial charge < -0.3 is 24.4 Å². The van der Waals surface area contributed by atoms with Crippen LogP contribution in [0.2, 0.25) is 0 Å². The molecule has 0 saturated carbocycles. The summed E-state index contributed by atoms with van der Waals surface area (Å²) in [6.07, 6.45) is 4.30. The third kappa shape index (κ3) is 4.27. The maximum Gasteiger partial charge on any atom is 0.305 e. The van der Waals surface area contributed by atoms with Crippen LogP contribution in [-0.2, 0) is 17.6 Å². The number of nitrogens with one attached hydrogen (secondary N) is 1. The summed E-state index contributed by atoms with van der Waals surface area (Å²) in [5, 5.41) is 16.0. The number of aromatic nitrogens is 1. The summed E-state index contributed by atoms with van der Waals surface area (Å²) in [5.74, 6) is 0.268. The minimum Gasteiger partial charge on any atom is -0.493 e. The minimum atomic E-state index is -1.03. The molecule has 2 aromatic rings. The lowest BCUT2D eigenvalue weighted by molar-refractivity contribution is -0.137. The number of carbonyl (C=O) groups is 2. The highest BCUT2D eigenvalue weighted by Crippen LogP contribution is 2.31. The van der Waals surface area contributed by atoms with E-state index in [1.807, 2.05) is 0 Å². The van der Waals surface area contributed by atoms with Crippen LogP contribution in [0.3, 0.4) is 0 Å². The molecule has 8 heteroatoms. The van der Waals surface area contributed by atoms with E-state index in [-0.39, 0.29) is 12.1 Å². The highest BCUT2D eigenvalue weighted by atomic mass is 16.5. The normalized spacial score (nSPS) is 14.5. The molecule has 2 N–H and O–H groups in total. The Bertz CT molecular complexity index is 860. The molecule has 1 heterocycles. The smallest absolute Gasteiger partial charge is 0.305 e. The number of rotatable bonds is 7. The van der Waals surface area contributed by atoms with Crippen molar-refractivity contribution in [1.82, 2.24) is 10.5 Å². The van der Waals surface area contributed by atoms with Gasteiger partial charge in [-0.2, -0.15) is 0 Å². The van der Waals surface area contributed by atoms with Crippen LogP contribution >= 0.6 is 0 Å². The molecule has 8 nitrogen and oxygen atoms in total. The van der Waals surface area contributed by atoms with Gasteiger partial charge in [-0.3, -0.25) is 9.59 Å². The van der Waals surface area contributed by atoms with E-state index < -0.39 is 17.9 Å². The number of aryl methyl sites for hydroxylation is 1. The molecule has 0 fully saturated rings. The first-order chi connectivity index (χ1) is 13.5.